The molecule has 4 aliphatic rings. The Morgan fingerprint density at radius 1 is 0.892 bits per heavy atom. The fourth-order valence-electron chi connectivity index (χ4n) is 10.1. The molecule has 1 aromatic carbocycles. The van der Waals surface area contributed by atoms with Gasteiger partial charge in [0.05, 0.1) is 0 Å². The normalized spacial score (nSPS) is 41.8. The van der Waals surface area contributed by atoms with Crippen molar-refractivity contribution >= 4 is 11.6 Å². The van der Waals surface area contributed by atoms with E-state index in [1.807, 2.05) is 24.3 Å². The van der Waals surface area contributed by atoms with Crippen LogP contribution in [0.5, 0.6) is 0 Å². The van der Waals surface area contributed by atoms with E-state index in [9.17, 15) is 5.11 Å². The van der Waals surface area contributed by atoms with Crippen LogP contribution in [0.4, 0.5) is 0 Å². The first kappa shape index (κ1) is 27.6. The Morgan fingerprint density at radius 3 is 2.35 bits per heavy atom. The number of halogens is 1. The van der Waals surface area contributed by atoms with Crippen LogP contribution >= 0.6 is 11.6 Å². The third kappa shape index (κ3) is 5.29. The minimum atomic E-state index is -0.844. The van der Waals surface area contributed by atoms with E-state index in [1.54, 1.807) is 0 Å². The highest BCUT2D eigenvalue weighted by molar-refractivity contribution is 6.30. The molecule has 1 nitrogen and oxygen atoms in total. The van der Waals surface area contributed by atoms with Crippen LogP contribution in [0.15, 0.2) is 24.3 Å². The van der Waals surface area contributed by atoms with E-state index in [2.05, 4.69) is 46.5 Å². The van der Waals surface area contributed by atoms with Gasteiger partial charge in [0.25, 0.3) is 0 Å². The van der Waals surface area contributed by atoms with Crippen molar-refractivity contribution in [1.29, 1.82) is 0 Å². The minimum Gasteiger partial charge on any atom is -0.378 e. The van der Waals surface area contributed by atoms with Crippen LogP contribution in [0, 0.1) is 64.1 Å². The number of fused-ring (bicyclic) bond motifs is 5. The number of hydrogen-bond donors (Lipinski definition) is 1. The molecule has 4 aliphatic carbocycles. The third-order valence-corrected chi connectivity index (χ3v) is 12.5. The summed E-state index contributed by atoms with van der Waals surface area (Å²) in [6.45, 7) is 12.6. The molecular formula is C35H51ClO. The summed E-state index contributed by atoms with van der Waals surface area (Å²) in [6.07, 6.45) is 15.5. The Kier molecular flexibility index (Phi) is 7.86. The Morgan fingerprint density at radius 2 is 1.62 bits per heavy atom. The molecule has 37 heavy (non-hydrogen) atoms. The molecular weight excluding hydrogens is 472 g/mol. The fourth-order valence-corrected chi connectivity index (χ4v) is 10.2. The van der Waals surface area contributed by atoms with E-state index in [-0.39, 0.29) is 0 Å². The molecule has 2 heteroatoms. The van der Waals surface area contributed by atoms with Gasteiger partial charge in [-0.3, -0.25) is 0 Å². The average molecular weight is 523 g/mol. The van der Waals surface area contributed by atoms with Gasteiger partial charge in [0, 0.05) is 10.6 Å². The third-order valence-electron chi connectivity index (χ3n) is 12.2. The van der Waals surface area contributed by atoms with E-state index in [1.165, 1.54) is 57.8 Å². The monoisotopic (exact) mass is 522 g/mol. The molecule has 204 valence electrons. The summed E-state index contributed by atoms with van der Waals surface area (Å²) in [7, 11) is 0. The lowest BCUT2D eigenvalue weighted by atomic mass is 9.43. The van der Waals surface area contributed by atoms with Gasteiger partial charge in [0.15, 0.2) is 0 Å². The van der Waals surface area contributed by atoms with Crippen molar-refractivity contribution in [3.8, 4) is 11.8 Å². The molecule has 1 N–H and O–H groups in total. The Balaban J connectivity index is 1.26. The maximum atomic E-state index is 11.5. The van der Waals surface area contributed by atoms with E-state index >= 15 is 0 Å². The van der Waals surface area contributed by atoms with E-state index in [0.29, 0.717) is 16.7 Å². The van der Waals surface area contributed by atoms with Crippen molar-refractivity contribution in [3.63, 3.8) is 0 Å². The summed E-state index contributed by atoms with van der Waals surface area (Å²) >= 11 is 6.03. The van der Waals surface area contributed by atoms with Crippen LogP contribution in [0.2, 0.25) is 5.02 Å². The van der Waals surface area contributed by atoms with Gasteiger partial charge in [0.2, 0.25) is 0 Å². The van der Waals surface area contributed by atoms with Gasteiger partial charge in [-0.2, -0.15) is 0 Å². The molecule has 0 spiro atoms. The van der Waals surface area contributed by atoms with Crippen molar-refractivity contribution in [2.24, 2.45) is 52.3 Å². The van der Waals surface area contributed by atoms with Gasteiger partial charge in [0.1, 0.15) is 5.60 Å². The Hall–Kier alpha value is -0.970. The first-order chi connectivity index (χ1) is 17.5. The SMILES string of the molecule is CC(C)CCC[C@@H](C)[C@@H]1CC[C@H]2[C@H]3CC[C@H]4C[C@](O)(C#Cc5ccc(Cl)cc5)CC[C@]4(C)[C@@H]3CC[C@@]21C. The molecule has 5 rings (SSSR count). The molecule has 0 bridgehead atoms. The first-order valence-corrected chi connectivity index (χ1v) is 15.9. The summed E-state index contributed by atoms with van der Waals surface area (Å²) in [5.74, 6) is 12.5. The van der Waals surface area contributed by atoms with Crippen LogP contribution < -0.4 is 0 Å². The maximum absolute atomic E-state index is 11.5. The van der Waals surface area contributed by atoms with Crippen LogP contribution in [0.25, 0.3) is 0 Å². The zero-order valence-electron chi connectivity index (χ0n) is 24.2. The van der Waals surface area contributed by atoms with Crippen LogP contribution in [-0.2, 0) is 0 Å². The van der Waals surface area contributed by atoms with E-state index in [4.69, 9.17) is 11.6 Å². The molecule has 4 fully saturated rings. The van der Waals surface area contributed by atoms with Crippen LogP contribution in [0.3, 0.4) is 0 Å². The van der Waals surface area contributed by atoms with Crippen molar-refractivity contribution in [2.45, 2.75) is 117 Å². The molecule has 0 aliphatic heterocycles. The Bertz CT molecular complexity index is 1000. The largest absolute Gasteiger partial charge is 0.378 e. The number of hydrogen-bond acceptors (Lipinski definition) is 1. The predicted octanol–water partition coefficient (Wildman–Crippen LogP) is 9.54. The smallest absolute Gasteiger partial charge is 0.126 e. The lowest BCUT2D eigenvalue weighted by Crippen LogP contribution is -2.55. The van der Waals surface area contributed by atoms with Gasteiger partial charge in [-0.05, 0) is 134 Å². The first-order valence-electron chi connectivity index (χ1n) is 15.6. The second kappa shape index (κ2) is 10.5. The lowest BCUT2D eigenvalue weighted by molar-refractivity contribution is -0.140. The molecule has 9 atom stereocenters. The van der Waals surface area contributed by atoms with Gasteiger partial charge in [-0.25, -0.2) is 0 Å². The summed E-state index contributed by atoms with van der Waals surface area (Å²) in [5.41, 5.74) is 1.03. The zero-order chi connectivity index (χ0) is 26.4. The highest BCUT2D eigenvalue weighted by atomic mass is 35.5. The molecule has 4 saturated carbocycles. The lowest BCUT2D eigenvalue weighted by Gasteiger charge is -2.62. The molecule has 0 unspecified atom stereocenters. The summed E-state index contributed by atoms with van der Waals surface area (Å²) in [6, 6.07) is 7.67. The van der Waals surface area contributed by atoms with Crippen LogP contribution in [0.1, 0.15) is 117 Å². The average Bonchev–Trinajstić information content (AvgIpc) is 3.21. The molecule has 0 heterocycles. The van der Waals surface area contributed by atoms with Crippen LogP contribution in [-0.4, -0.2) is 10.7 Å². The maximum Gasteiger partial charge on any atom is 0.126 e. The quantitative estimate of drug-likeness (QED) is 0.381. The second-order valence-electron chi connectivity index (χ2n) is 14.7. The van der Waals surface area contributed by atoms with Gasteiger partial charge in [-0.15, -0.1) is 0 Å². The minimum absolute atomic E-state index is 0.374. The topological polar surface area (TPSA) is 20.2 Å². The molecule has 1 aromatic rings. The number of benzene rings is 1. The number of aliphatic hydroxyl groups is 1. The Labute approximate surface area is 232 Å². The summed E-state index contributed by atoms with van der Waals surface area (Å²) in [5, 5.41) is 12.3. The molecule has 0 aromatic heterocycles. The van der Waals surface area contributed by atoms with Crippen molar-refractivity contribution in [2.75, 3.05) is 0 Å². The van der Waals surface area contributed by atoms with E-state index in [0.717, 1.165) is 65.4 Å². The standard InChI is InChI=1S/C35H51ClO/c1-24(2)7-6-8-25(3)30-15-16-31-29-14-11-27-23-35(37,20-17-26-9-12-28(36)13-10-26)22-21-33(27,4)32(29)18-19-34(30,31)5/h9-10,12-13,24-25,27,29-32,37H,6-8,11,14-16,18-19,21-23H2,1-5H3/t25-,27+,29-,30+,31+,32-,33+,34-,35+/m1/s1. The van der Waals surface area contributed by atoms with Gasteiger partial charge in [-0.1, -0.05) is 77.3 Å². The molecule has 0 radical (unpaired) electrons. The molecule has 0 amide bonds. The molecule has 0 saturated heterocycles. The zero-order valence-corrected chi connectivity index (χ0v) is 24.9. The highest BCUT2D eigenvalue weighted by Crippen LogP contribution is 2.68. The van der Waals surface area contributed by atoms with Gasteiger partial charge < -0.3 is 5.11 Å². The van der Waals surface area contributed by atoms with Gasteiger partial charge >= 0.3 is 0 Å². The predicted molar refractivity (Wildman–Crippen MR) is 156 cm³/mol. The summed E-state index contributed by atoms with van der Waals surface area (Å²) < 4.78 is 0. The fraction of sp³-hybridized carbons (Fsp3) is 0.771. The summed E-state index contributed by atoms with van der Waals surface area (Å²) in [4.78, 5) is 0. The number of rotatable bonds is 5. The van der Waals surface area contributed by atoms with Crippen molar-refractivity contribution < 1.29 is 5.11 Å². The van der Waals surface area contributed by atoms with Crippen molar-refractivity contribution in [1.82, 2.24) is 0 Å². The van der Waals surface area contributed by atoms with E-state index < -0.39 is 5.60 Å². The second-order valence-corrected chi connectivity index (χ2v) is 15.1. The highest BCUT2D eigenvalue weighted by Gasteiger charge is 2.61. The van der Waals surface area contributed by atoms with Crippen molar-refractivity contribution in [3.05, 3.63) is 34.9 Å².